The molecular weight excluding hydrogens is 634 g/mol. The summed E-state index contributed by atoms with van der Waals surface area (Å²) in [7, 11) is 0. The zero-order valence-corrected chi connectivity index (χ0v) is 27.0. The van der Waals surface area contributed by atoms with Gasteiger partial charge in [0.2, 0.25) is 12.2 Å². The van der Waals surface area contributed by atoms with Crippen molar-refractivity contribution in [1.29, 1.82) is 0 Å². The summed E-state index contributed by atoms with van der Waals surface area (Å²) in [6, 6.07) is 33.5. The third-order valence-electron chi connectivity index (χ3n) is 6.84. The number of carboxylic acids is 2. The number of esters is 2. The summed E-state index contributed by atoms with van der Waals surface area (Å²) >= 11 is 1.72. The van der Waals surface area contributed by atoms with Crippen molar-refractivity contribution in [3.8, 4) is 5.75 Å². The molecule has 0 fully saturated rings. The lowest BCUT2D eigenvalue weighted by Gasteiger charge is -2.26. The lowest BCUT2D eigenvalue weighted by Crippen LogP contribution is -2.45. The standard InChI is InChI=1S/C19H21NOS.C18H14O8/c1-19(2,20)13-17(18-11-6-12-22-18)21-16-10-5-8-14-7-3-4-9-15(14)16;19-15(20)13(25-17(23)11-7-3-1-4-8-11)14(16(21)22)26-18(24)12-9-5-2-6-10-12/h3-12,17H,13,20H2,1-2H3;1-10,13-14H,(H,19,20)(H,21,22)/t;13-,14-/m.1/s1. The highest BCUT2D eigenvalue weighted by Crippen LogP contribution is 2.34. The Morgan fingerprint density at radius 3 is 1.67 bits per heavy atom. The number of hydrogen-bond donors (Lipinski definition) is 3. The van der Waals surface area contributed by atoms with Gasteiger partial charge >= 0.3 is 23.9 Å². The van der Waals surface area contributed by atoms with E-state index in [2.05, 4.69) is 35.7 Å². The van der Waals surface area contributed by atoms with Crippen LogP contribution in [-0.2, 0) is 19.1 Å². The topological polar surface area (TPSA) is 162 Å². The van der Waals surface area contributed by atoms with Crippen molar-refractivity contribution in [3.63, 3.8) is 0 Å². The van der Waals surface area contributed by atoms with E-state index >= 15 is 0 Å². The number of benzene rings is 4. The van der Waals surface area contributed by atoms with Crippen LogP contribution in [-0.4, -0.2) is 51.8 Å². The Hall–Kier alpha value is -5.52. The van der Waals surface area contributed by atoms with E-state index in [0.29, 0.717) is 0 Å². The van der Waals surface area contributed by atoms with Crippen LogP contribution in [0.25, 0.3) is 10.8 Å². The predicted molar refractivity (Wildman–Crippen MR) is 181 cm³/mol. The van der Waals surface area contributed by atoms with Gasteiger partial charge in [0.25, 0.3) is 0 Å². The van der Waals surface area contributed by atoms with Crippen LogP contribution in [0, 0.1) is 0 Å². The van der Waals surface area contributed by atoms with Gasteiger partial charge in [0.15, 0.2) is 0 Å². The second-order valence-corrected chi connectivity index (χ2v) is 12.3. The van der Waals surface area contributed by atoms with E-state index in [-0.39, 0.29) is 22.8 Å². The molecule has 0 spiro atoms. The van der Waals surface area contributed by atoms with E-state index in [0.717, 1.165) is 17.6 Å². The van der Waals surface area contributed by atoms with Gasteiger partial charge in [-0.15, -0.1) is 11.3 Å². The molecule has 0 amide bonds. The quantitative estimate of drug-likeness (QED) is 0.121. The number of carboxylic acid groups (broad SMARTS) is 2. The maximum absolute atomic E-state index is 12.0. The summed E-state index contributed by atoms with van der Waals surface area (Å²) in [5.74, 6) is -4.72. The number of aliphatic carboxylic acids is 2. The highest BCUT2D eigenvalue weighted by atomic mass is 32.1. The molecule has 5 aromatic rings. The van der Waals surface area contributed by atoms with Gasteiger partial charge in [0.1, 0.15) is 11.9 Å². The van der Waals surface area contributed by atoms with Gasteiger partial charge in [0, 0.05) is 22.2 Å². The maximum atomic E-state index is 12.0. The first-order chi connectivity index (χ1) is 22.9. The first-order valence-corrected chi connectivity index (χ1v) is 15.8. The summed E-state index contributed by atoms with van der Waals surface area (Å²) in [6.07, 6.45) is -3.68. The smallest absolute Gasteiger partial charge is 0.349 e. The molecule has 4 N–H and O–H groups in total. The number of carbonyl (C=O) groups is 4. The van der Waals surface area contributed by atoms with Crippen LogP contribution < -0.4 is 10.5 Å². The molecule has 248 valence electrons. The van der Waals surface area contributed by atoms with Crippen LogP contribution in [0.3, 0.4) is 0 Å². The number of fused-ring (bicyclic) bond motifs is 1. The molecule has 0 saturated carbocycles. The van der Waals surface area contributed by atoms with Crippen molar-refractivity contribution in [3.05, 3.63) is 137 Å². The van der Waals surface area contributed by atoms with Crippen molar-refractivity contribution < 1.29 is 43.6 Å². The molecule has 0 bridgehead atoms. The molecule has 10 nitrogen and oxygen atoms in total. The first kappa shape index (κ1) is 35.3. The number of nitrogens with two attached hydrogens (primary N) is 1. The van der Waals surface area contributed by atoms with Crippen LogP contribution >= 0.6 is 11.3 Å². The number of carbonyl (C=O) groups excluding carboxylic acids is 2. The second kappa shape index (κ2) is 16.3. The molecule has 0 aliphatic carbocycles. The lowest BCUT2D eigenvalue weighted by atomic mass is 9.97. The molecule has 1 unspecified atom stereocenters. The Morgan fingerprint density at radius 1 is 0.688 bits per heavy atom. The van der Waals surface area contributed by atoms with Crippen molar-refractivity contribution in [2.75, 3.05) is 0 Å². The minimum Gasteiger partial charge on any atom is -0.484 e. The second-order valence-electron chi connectivity index (χ2n) is 11.4. The van der Waals surface area contributed by atoms with E-state index in [9.17, 15) is 29.4 Å². The van der Waals surface area contributed by atoms with Gasteiger partial charge in [0.05, 0.1) is 11.1 Å². The first-order valence-electron chi connectivity index (χ1n) is 14.9. The van der Waals surface area contributed by atoms with E-state index in [4.69, 9.17) is 19.9 Å². The average molecular weight is 670 g/mol. The Kier molecular flexibility index (Phi) is 12.0. The Labute approximate surface area is 281 Å². The number of ether oxygens (including phenoxy) is 3. The number of hydrogen-bond acceptors (Lipinski definition) is 9. The van der Waals surface area contributed by atoms with Crippen LogP contribution in [0.15, 0.2) is 121 Å². The fourth-order valence-electron chi connectivity index (χ4n) is 4.60. The molecule has 1 aromatic heterocycles. The largest absolute Gasteiger partial charge is 0.484 e. The summed E-state index contributed by atoms with van der Waals surface area (Å²) in [4.78, 5) is 48.1. The highest BCUT2D eigenvalue weighted by Gasteiger charge is 2.41. The molecule has 1 heterocycles. The Morgan fingerprint density at radius 2 is 1.19 bits per heavy atom. The minimum absolute atomic E-state index is 0.0224. The zero-order valence-electron chi connectivity index (χ0n) is 26.2. The molecule has 11 heteroatoms. The number of thiophene rings is 1. The normalized spacial score (nSPS) is 12.8. The van der Waals surface area contributed by atoms with Gasteiger partial charge in [-0.3, -0.25) is 0 Å². The average Bonchev–Trinajstić information content (AvgIpc) is 3.62. The molecule has 48 heavy (non-hydrogen) atoms. The summed E-state index contributed by atoms with van der Waals surface area (Å²) in [5, 5.41) is 22.9. The van der Waals surface area contributed by atoms with Crippen molar-refractivity contribution in [2.24, 2.45) is 5.73 Å². The monoisotopic (exact) mass is 669 g/mol. The predicted octanol–water partition coefficient (Wildman–Crippen LogP) is 6.76. The van der Waals surface area contributed by atoms with Gasteiger partial charge < -0.3 is 30.2 Å². The molecule has 0 aliphatic rings. The Bertz CT molecular complexity index is 1750. The number of rotatable bonds is 12. The summed E-state index contributed by atoms with van der Waals surface area (Å²) in [5.41, 5.74) is 6.01. The summed E-state index contributed by atoms with van der Waals surface area (Å²) in [6.45, 7) is 4.08. The van der Waals surface area contributed by atoms with Gasteiger partial charge in [-0.2, -0.15) is 0 Å². The highest BCUT2D eigenvalue weighted by molar-refractivity contribution is 7.10. The molecule has 3 atom stereocenters. The molecule has 0 aliphatic heterocycles. The molecule has 5 rings (SSSR count). The fourth-order valence-corrected chi connectivity index (χ4v) is 5.36. The minimum atomic E-state index is -2.21. The van der Waals surface area contributed by atoms with Crippen LogP contribution in [0.2, 0.25) is 0 Å². The van der Waals surface area contributed by atoms with Crippen molar-refractivity contribution in [1.82, 2.24) is 0 Å². The van der Waals surface area contributed by atoms with Gasteiger partial charge in [-0.25, -0.2) is 19.2 Å². The molecular formula is C37H35NO9S. The SMILES string of the molecule is CC(C)(N)CC(Oc1cccc2ccccc12)c1cccs1.O=C(O[C@@H](C(=O)O)[C@@H](OC(=O)c1ccccc1)C(=O)O)c1ccccc1. The maximum Gasteiger partial charge on any atom is 0.349 e. The van der Waals surface area contributed by atoms with E-state index in [1.165, 1.54) is 58.8 Å². The van der Waals surface area contributed by atoms with Crippen molar-refractivity contribution in [2.45, 2.75) is 44.1 Å². The Balaban J connectivity index is 0.000000219. The molecule has 0 radical (unpaired) electrons. The third-order valence-corrected chi connectivity index (χ3v) is 7.80. The van der Waals surface area contributed by atoms with E-state index in [1.807, 2.05) is 38.1 Å². The van der Waals surface area contributed by atoms with Gasteiger partial charge in [-0.1, -0.05) is 78.9 Å². The third kappa shape index (κ3) is 9.99. The van der Waals surface area contributed by atoms with Gasteiger partial charge in [-0.05, 0) is 61.0 Å². The molecule has 4 aromatic carbocycles. The van der Waals surface area contributed by atoms with Crippen LogP contribution in [0.5, 0.6) is 5.75 Å². The zero-order chi connectivity index (χ0) is 34.7. The molecule has 0 saturated heterocycles. The lowest BCUT2D eigenvalue weighted by molar-refractivity contribution is -0.166. The van der Waals surface area contributed by atoms with Crippen LogP contribution in [0.1, 0.15) is 52.0 Å². The summed E-state index contributed by atoms with van der Waals surface area (Å²) < 4.78 is 15.9. The van der Waals surface area contributed by atoms with Crippen molar-refractivity contribution >= 4 is 46.0 Å². The van der Waals surface area contributed by atoms with E-state index in [1.54, 1.807) is 23.5 Å². The van der Waals surface area contributed by atoms with Crippen LogP contribution in [0.4, 0.5) is 0 Å². The fraction of sp³-hybridized carbons (Fsp3) is 0.189. The van der Waals surface area contributed by atoms with E-state index < -0.39 is 36.1 Å².